The fraction of sp³-hybridized carbons (Fsp3) is 0.400. The van der Waals surface area contributed by atoms with E-state index in [1.165, 1.54) is 18.2 Å². The van der Waals surface area contributed by atoms with Gasteiger partial charge in [-0.15, -0.1) is 11.8 Å². The van der Waals surface area contributed by atoms with Gasteiger partial charge in [0.25, 0.3) is 0 Å². The van der Waals surface area contributed by atoms with Crippen LogP contribution in [0.2, 0.25) is 0 Å². The summed E-state index contributed by atoms with van der Waals surface area (Å²) in [5.74, 6) is 5.22. The summed E-state index contributed by atoms with van der Waals surface area (Å²) in [6.45, 7) is 6.31. The molecular weight excluding hydrogens is 275 g/mol. The summed E-state index contributed by atoms with van der Waals surface area (Å²) in [5.41, 5.74) is 6.24. The second-order valence-corrected chi connectivity index (χ2v) is 6.95. The van der Waals surface area contributed by atoms with E-state index < -0.39 is 5.82 Å². The van der Waals surface area contributed by atoms with Crippen molar-refractivity contribution in [1.82, 2.24) is 0 Å². The number of anilines is 1. The second kappa shape index (κ2) is 7.32. The molecule has 20 heavy (non-hydrogen) atoms. The van der Waals surface area contributed by atoms with E-state index in [4.69, 9.17) is 5.73 Å². The Morgan fingerprint density at radius 2 is 2.15 bits per heavy atom. The number of thioether (sulfide) groups is 1. The quantitative estimate of drug-likeness (QED) is 0.843. The van der Waals surface area contributed by atoms with Gasteiger partial charge in [-0.05, 0) is 18.2 Å². The third-order valence-corrected chi connectivity index (χ3v) is 3.49. The summed E-state index contributed by atoms with van der Waals surface area (Å²) >= 11 is 1.55. The summed E-state index contributed by atoms with van der Waals surface area (Å²) in [6, 6.07) is 4.09. The van der Waals surface area contributed by atoms with E-state index in [1.54, 1.807) is 11.8 Å². The van der Waals surface area contributed by atoms with Crippen LogP contribution in [0, 0.1) is 17.7 Å². The minimum Gasteiger partial charge on any atom is -0.324 e. The Hall–Kier alpha value is -1.51. The first-order valence-electron chi connectivity index (χ1n) is 6.24. The van der Waals surface area contributed by atoms with Gasteiger partial charge in [0.2, 0.25) is 5.91 Å². The molecule has 3 nitrogen and oxygen atoms in total. The predicted molar refractivity (Wildman–Crippen MR) is 83.2 cm³/mol. The van der Waals surface area contributed by atoms with Gasteiger partial charge in [0.05, 0.1) is 23.5 Å². The van der Waals surface area contributed by atoms with Crippen molar-refractivity contribution in [2.24, 2.45) is 5.73 Å². The Morgan fingerprint density at radius 3 is 2.75 bits per heavy atom. The van der Waals surface area contributed by atoms with Gasteiger partial charge in [-0.2, -0.15) is 0 Å². The van der Waals surface area contributed by atoms with Gasteiger partial charge in [0.15, 0.2) is 0 Å². The number of hydrogen-bond acceptors (Lipinski definition) is 3. The fourth-order valence-corrected chi connectivity index (χ4v) is 1.98. The van der Waals surface area contributed by atoms with Gasteiger partial charge in [0, 0.05) is 4.75 Å². The minimum atomic E-state index is -0.395. The largest absolute Gasteiger partial charge is 0.324 e. The summed E-state index contributed by atoms with van der Waals surface area (Å²) in [4.78, 5) is 11.9. The Kier molecular flexibility index (Phi) is 6.05. The number of hydrogen-bond donors (Lipinski definition) is 2. The molecule has 0 saturated heterocycles. The average molecular weight is 294 g/mol. The summed E-state index contributed by atoms with van der Waals surface area (Å²) in [7, 11) is 0. The molecule has 5 heteroatoms. The van der Waals surface area contributed by atoms with Gasteiger partial charge in [0.1, 0.15) is 5.82 Å². The topological polar surface area (TPSA) is 55.1 Å². The van der Waals surface area contributed by atoms with Crippen LogP contribution in [0.1, 0.15) is 26.3 Å². The second-order valence-electron chi connectivity index (χ2n) is 5.15. The highest BCUT2D eigenvalue weighted by Gasteiger charge is 2.14. The van der Waals surface area contributed by atoms with E-state index in [1.807, 2.05) is 20.8 Å². The van der Waals surface area contributed by atoms with Gasteiger partial charge in [-0.3, -0.25) is 4.79 Å². The zero-order chi connectivity index (χ0) is 15.2. The zero-order valence-corrected chi connectivity index (χ0v) is 12.7. The van der Waals surface area contributed by atoms with Gasteiger partial charge >= 0.3 is 0 Å². The molecule has 108 valence electrons. The molecule has 1 rings (SSSR count). The lowest BCUT2D eigenvalue weighted by molar-refractivity contribution is -0.113. The van der Waals surface area contributed by atoms with Crippen molar-refractivity contribution in [2.45, 2.75) is 25.5 Å². The van der Waals surface area contributed by atoms with Crippen LogP contribution in [0.3, 0.4) is 0 Å². The van der Waals surface area contributed by atoms with Crippen molar-refractivity contribution in [3.63, 3.8) is 0 Å². The zero-order valence-electron chi connectivity index (χ0n) is 11.9. The Bertz CT molecular complexity index is 541. The normalized spacial score (nSPS) is 10.7. The van der Waals surface area contributed by atoms with Crippen molar-refractivity contribution in [1.29, 1.82) is 0 Å². The number of nitrogens with one attached hydrogen (secondary N) is 1. The molecule has 3 N–H and O–H groups in total. The minimum absolute atomic E-state index is 0.0162. The molecule has 1 amide bonds. The molecule has 0 spiro atoms. The molecule has 0 atom stereocenters. The Labute approximate surface area is 123 Å². The third-order valence-electron chi connectivity index (χ3n) is 2.22. The number of rotatable bonds is 3. The molecule has 0 aliphatic carbocycles. The Morgan fingerprint density at radius 1 is 1.45 bits per heavy atom. The first-order chi connectivity index (χ1) is 9.31. The maximum Gasteiger partial charge on any atom is 0.234 e. The monoisotopic (exact) mass is 294 g/mol. The lowest BCUT2D eigenvalue weighted by Crippen LogP contribution is -2.19. The molecule has 0 aliphatic heterocycles. The first kappa shape index (κ1) is 16.5. The molecule has 0 unspecified atom stereocenters. The van der Waals surface area contributed by atoms with E-state index in [9.17, 15) is 9.18 Å². The molecule has 0 fully saturated rings. The number of benzene rings is 1. The predicted octanol–water partition coefficient (Wildman–Crippen LogP) is 2.61. The maximum atomic E-state index is 13.2. The number of halogens is 1. The average Bonchev–Trinajstić information content (AvgIpc) is 2.36. The number of carbonyl (C=O) groups is 1. The van der Waals surface area contributed by atoms with Crippen LogP contribution in [0.5, 0.6) is 0 Å². The fourth-order valence-electron chi connectivity index (χ4n) is 1.34. The molecule has 0 aliphatic rings. The standard InChI is InChI=1S/C15H19FN2OS/c1-15(2,3)20-10-14(19)18-13-7-6-12(16)9-11(13)5-4-8-17/h6-7,9H,8,10,17H2,1-3H3,(H,18,19). The number of amides is 1. The highest BCUT2D eigenvalue weighted by atomic mass is 32.2. The molecule has 0 bridgehead atoms. The van der Waals surface area contributed by atoms with Crippen LogP contribution in [-0.4, -0.2) is 23.0 Å². The van der Waals surface area contributed by atoms with Crippen molar-refractivity contribution in [2.75, 3.05) is 17.6 Å². The maximum absolute atomic E-state index is 13.2. The molecule has 0 saturated carbocycles. The third kappa shape index (κ3) is 6.09. The highest BCUT2D eigenvalue weighted by Crippen LogP contribution is 2.23. The van der Waals surface area contributed by atoms with Crippen LogP contribution in [0.25, 0.3) is 0 Å². The first-order valence-corrected chi connectivity index (χ1v) is 7.22. The van der Waals surface area contributed by atoms with Crippen LogP contribution in [-0.2, 0) is 4.79 Å². The van der Waals surface area contributed by atoms with Crippen LogP contribution < -0.4 is 11.1 Å². The van der Waals surface area contributed by atoms with Gasteiger partial charge in [-0.1, -0.05) is 32.6 Å². The van der Waals surface area contributed by atoms with Gasteiger partial charge in [-0.25, -0.2) is 4.39 Å². The van der Waals surface area contributed by atoms with Crippen LogP contribution in [0.4, 0.5) is 10.1 Å². The van der Waals surface area contributed by atoms with Gasteiger partial charge < -0.3 is 11.1 Å². The number of carbonyl (C=O) groups excluding carboxylic acids is 1. The molecule has 1 aromatic rings. The highest BCUT2D eigenvalue weighted by molar-refractivity contribution is 8.01. The smallest absolute Gasteiger partial charge is 0.234 e. The molecule has 0 aromatic heterocycles. The van der Waals surface area contributed by atoms with Crippen molar-refractivity contribution < 1.29 is 9.18 Å². The number of nitrogens with two attached hydrogens (primary N) is 1. The molecular formula is C15H19FN2OS. The van der Waals surface area contributed by atoms with Crippen molar-refractivity contribution >= 4 is 23.4 Å². The van der Waals surface area contributed by atoms with E-state index in [0.717, 1.165) is 0 Å². The molecule has 0 radical (unpaired) electrons. The lowest BCUT2D eigenvalue weighted by atomic mass is 10.1. The SMILES string of the molecule is CC(C)(C)SCC(=O)Nc1ccc(F)cc1C#CCN. The molecule has 1 aromatic carbocycles. The van der Waals surface area contributed by atoms with E-state index in [-0.39, 0.29) is 17.2 Å². The summed E-state index contributed by atoms with van der Waals surface area (Å²) in [5, 5.41) is 2.75. The van der Waals surface area contributed by atoms with Crippen molar-refractivity contribution in [3.05, 3.63) is 29.6 Å². The van der Waals surface area contributed by atoms with E-state index in [2.05, 4.69) is 17.2 Å². The van der Waals surface area contributed by atoms with E-state index in [0.29, 0.717) is 17.0 Å². The van der Waals surface area contributed by atoms with Crippen LogP contribution in [0.15, 0.2) is 18.2 Å². The van der Waals surface area contributed by atoms with Crippen LogP contribution >= 0.6 is 11.8 Å². The summed E-state index contributed by atoms with van der Waals surface area (Å²) < 4.78 is 13.2. The lowest BCUT2D eigenvalue weighted by Gasteiger charge is -2.17. The summed E-state index contributed by atoms with van der Waals surface area (Å²) in [6.07, 6.45) is 0. The Balaban J connectivity index is 2.79. The van der Waals surface area contributed by atoms with E-state index >= 15 is 0 Å². The molecule has 0 heterocycles. The van der Waals surface area contributed by atoms with Crippen molar-refractivity contribution in [3.8, 4) is 11.8 Å².